The summed E-state index contributed by atoms with van der Waals surface area (Å²) in [4.78, 5) is 0. The number of ether oxygens (including phenoxy) is 1. The number of benzene rings is 1. The number of nitrogens with two attached hydrogens (primary N) is 1. The van der Waals surface area contributed by atoms with Crippen LogP contribution in [0, 0.1) is 5.41 Å². The van der Waals surface area contributed by atoms with E-state index in [0.29, 0.717) is 5.82 Å². The Balaban J connectivity index is 2.40. The summed E-state index contributed by atoms with van der Waals surface area (Å²) in [7, 11) is 1.65. The van der Waals surface area contributed by atoms with Crippen molar-refractivity contribution in [2.75, 3.05) is 12.8 Å². The molecule has 0 saturated carbocycles. The smallest absolute Gasteiger partial charge is 0.144 e. The van der Waals surface area contributed by atoms with Gasteiger partial charge in [0.05, 0.1) is 12.8 Å². The van der Waals surface area contributed by atoms with Gasteiger partial charge in [-0.25, -0.2) is 4.68 Å². The third-order valence-corrected chi connectivity index (χ3v) is 2.81. The van der Waals surface area contributed by atoms with Crippen LogP contribution in [0.5, 0.6) is 5.75 Å². The molecule has 1 heterocycles. The van der Waals surface area contributed by atoms with Crippen molar-refractivity contribution < 1.29 is 4.74 Å². The van der Waals surface area contributed by atoms with Crippen molar-refractivity contribution in [1.82, 2.24) is 9.78 Å². The molecule has 0 aliphatic rings. The fourth-order valence-corrected chi connectivity index (χ4v) is 2.07. The van der Waals surface area contributed by atoms with E-state index in [1.807, 2.05) is 30.3 Å². The van der Waals surface area contributed by atoms with Gasteiger partial charge in [-0.2, -0.15) is 5.10 Å². The zero-order valence-corrected chi connectivity index (χ0v) is 12.0. The van der Waals surface area contributed by atoms with Crippen LogP contribution in [-0.4, -0.2) is 16.9 Å². The zero-order chi connectivity index (χ0) is 14.0. The van der Waals surface area contributed by atoms with Crippen LogP contribution in [0.25, 0.3) is 5.69 Å². The van der Waals surface area contributed by atoms with Crippen molar-refractivity contribution in [3.8, 4) is 11.4 Å². The van der Waals surface area contributed by atoms with E-state index < -0.39 is 0 Å². The maximum atomic E-state index is 6.06. The maximum Gasteiger partial charge on any atom is 0.144 e. The molecule has 0 amide bonds. The molecule has 19 heavy (non-hydrogen) atoms. The second-order valence-electron chi connectivity index (χ2n) is 5.88. The summed E-state index contributed by atoms with van der Waals surface area (Å²) < 4.78 is 7.08. The molecule has 0 atom stereocenters. The molecule has 0 fully saturated rings. The number of nitrogens with zero attached hydrogens (tertiary/aromatic N) is 2. The molecule has 0 aliphatic heterocycles. The van der Waals surface area contributed by atoms with Crippen molar-refractivity contribution in [3.05, 3.63) is 36.0 Å². The molecule has 0 aliphatic carbocycles. The minimum Gasteiger partial charge on any atom is -0.494 e. The Kier molecular flexibility index (Phi) is 3.51. The largest absolute Gasteiger partial charge is 0.494 e. The van der Waals surface area contributed by atoms with Crippen molar-refractivity contribution in [2.45, 2.75) is 27.2 Å². The number of hydrogen-bond acceptors (Lipinski definition) is 3. The number of rotatable bonds is 3. The minimum atomic E-state index is 0.187. The molecule has 0 radical (unpaired) electrons. The molecule has 1 aromatic carbocycles. The fraction of sp³-hybridized carbons (Fsp3) is 0.400. The standard InChI is InChI=1S/C15H21N3O/c1-15(2,3)10-11-9-14(16)18(17-11)12-7-5-6-8-13(12)19-4/h5-9H,10,16H2,1-4H3. The highest BCUT2D eigenvalue weighted by Gasteiger charge is 2.16. The van der Waals surface area contributed by atoms with E-state index in [0.717, 1.165) is 23.6 Å². The van der Waals surface area contributed by atoms with E-state index in [9.17, 15) is 0 Å². The van der Waals surface area contributed by atoms with Crippen LogP contribution in [-0.2, 0) is 6.42 Å². The average Bonchev–Trinajstić information content (AvgIpc) is 2.67. The summed E-state index contributed by atoms with van der Waals surface area (Å²) >= 11 is 0. The summed E-state index contributed by atoms with van der Waals surface area (Å²) in [6.07, 6.45) is 0.888. The summed E-state index contributed by atoms with van der Waals surface area (Å²) in [6, 6.07) is 9.65. The van der Waals surface area contributed by atoms with Crippen LogP contribution in [0.2, 0.25) is 0 Å². The van der Waals surface area contributed by atoms with Gasteiger partial charge in [-0.3, -0.25) is 0 Å². The van der Waals surface area contributed by atoms with Crippen molar-refractivity contribution >= 4 is 5.82 Å². The maximum absolute atomic E-state index is 6.06. The normalized spacial score (nSPS) is 11.6. The number of nitrogen functional groups attached to an aromatic ring is 1. The molecule has 0 unspecified atom stereocenters. The van der Waals surface area contributed by atoms with Crippen molar-refractivity contribution in [1.29, 1.82) is 0 Å². The van der Waals surface area contributed by atoms with Crippen LogP contribution in [0.1, 0.15) is 26.5 Å². The predicted molar refractivity (Wildman–Crippen MR) is 77.7 cm³/mol. The van der Waals surface area contributed by atoms with Gasteiger partial charge in [0.2, 0.25) is 0 Å². The lowest BCUT2D eigenvalue weighted by atomic mass is 9.91. The van der Waals surface area contributed by atoms with Gasteiger partial charge in [0, 0.05) is 6.07 Å². The Bertz CT molecular complexity index is 567. The number of hydrogen-bond donors (Lipinski definition) is 1. The monoisotopic (exact) mass is 259 g/mol. The van der Waals surface area contributed by atoms with Crippen LogP contribution in [0.4, 0.5) is 5.82 Å². The van der Waals surface area contributed by atoms with Gasteiger partial charge in [-0.1, -0.05) is 32.9 Å². The quantitative estimate of drug-likeness (QED) is 0.921. The molecular weight excluding hydrogens is 238 g/mol. The second kappa shape index (κ2) is 4.96. The fourth-order valence-electron chi connectivity index (χ4n) is 2.07. The summed E-state index contributed by atoms with van der Waals surface area (Å²) in [5, 5.41) is 4.59. The summed E-state index contributed by atoms with van der Waals surface area (Å²) in [5.41, 5.74) is 8.11. The molecule has 4 heteroatoms. The Morgan fingerprint density at radius 1 is 1.26 bits per heavy atom. The number of methoxy groups -OCH3 is 1. The first kappa shape index (κ1) is 13.5. The van der Waals surface area contributed by atoms with Crippen LogP contribution >= 0.6 is 0 Å². The topological polar surface area (TPSA) is 53.1 Å². The average molecular weight is 259 g/mol. The first-order chi connectivity index (χ1) is 8.90. The van der Waals surface area contributed by atoms with Gasteiger partial charge in [0.25, 0.3) is 0 Å². The van der Waals surface area contributed by atoms with E-state index in [-0.39, 0.29) is 5.41 Å². The molecule has 2 N–H and O–H groups in total. The van der Waals surface area contributed by atoms with E-state index in [1.165, 1.54) is 0 Å². The predicted octanol–water partition coefficient (Wildman–Crippen LogP) is 3.05. The molecule has 0 saturated heterocycles. The lowest BCUT2D eigenvalue weighted by molar-refractivity contribution is 0.403. The molecule has 2 rings (SSSR count). The van der Waals surface area contributed by atoms with Gasteiger partial charge in [0.1, 0.15) is 17.3 Å². The number of anilines is 1. The first-order valence-electron chi connectivity index (χ1n) is 6.38. The van der Waals surface area contributed by atoms with E-state index in [4.69, 9.17) is 10.5 Å². The second-order valence-corrected chi connectivity index (χ2v) is 5.88. The van der Waals surface area contributed by atoms with Crippen LogP contribution in [0.15, 0.2) is 30.3 Å². The highest BCUT2D eigenvalue weighted by atomic mass is 16.5. The molecule has 2 aromatic rings. The van der Waals surface area contributed by atoms with E-state index in [2.05, 4.69) is 25.9 Å². The number of para-hydroxylation sites is 2. The first-order valence-corrected chi connectivity index (χ1v) is 6.38. The highest BCUT2D eigenvalue weighted by molar-refractivity contribution is 5.51. The molecule has 102 valence electrons. The molecule has 4 nitrogen and oxygen atoms in total. The van der Waals surface area contributed by atoms with E-state index in [1.54, 1.807) is 11.8 Å². The Morgan fingerprint density at radius 3 is 2.58 bits per heavy atom. The Labute approximate surface area is 114 Å². The Hall–Kier alpha value is -1.97. The SMILES string of the molecule is COc1ccccc1-n1nc(CC(C)(C)C)cc1N. The lowest BCUT2D eigenvalue weighted by Gasteiger charge is -2.15. The van der Waals surface area contributed by atoms with Gasteiger partial charge >= 0.3 is 0 Å². The lowest BCUT2D eigenvalue weighted by Crippen LogP contribution is -2.10. The van der Waals surface area contributed by atoms with Crippen LogP contribution < -0.4 is 10.5 Å². The molecule has 0 spiro atoms. The van der Waals surface area contributed by atoms with E-state index >= 15 is 0 Å². The molecule has 0 bridgehead atoms. The summed E-state index contributed by atoms with van der Waals surface area (Å²) in [5.74, 6) is 1.39. The summed E-state index contributed by atoms with van der Waals surface area (Å²) in [6.45, 7) is 6.56. The van der Waals surface area contributed by atoms with Crippen molar-refractivity contribution in [3.63, 3.8) is 0 Å². The van der Waals surface area contributed by atoms with Crippen molar-refractivity contribution in [2.24, 2.45) is 5.41 Å². The minimum absolute atomic E-state index is 0.187. The molecule has 1 aromatic heterocycles. The Morgan fingerprint density at radius 2 is 1.95 bits per heavy atom. The molecular formula is C15H21N3O. The zero-order valence-electron chi connectivity index (χ0n) is 12.0. The van der Waals surface area contributed by atoms with Gasteiger partial charge < -0.3 is 10.5 Å². The highest BCUT2D eigenvalue weighted by Crippen LogP contribution is 2.26. The van der Waals surface area contributed by atoms with Gasteiger partial charge in [0.15, 0.2) is 0 Å². The van der Waals surface area contributed by atoms with Gasteiger partial charge in [-0.15, -0.1) is 0 Å². The van der Waals surface area contributed by atoms with Gasteiger partial charge in [-0.05, 0) is 24.0 Å². The number of aromatic nitrogens is 2. The van der Waals surface area contributed by atoms with Crippen LogP contribution in [0.3, 0.4) is 0 Å². The third kappa shape index (κ3) is 3.08. The third-order valence-electron chi connectivity index (χ3n) is 2.81.